The van der Waals surface area contributed by atoms with Crippen molar-refractivity contribution >= 4 is 23.2 Å². The first-order valence-electron chi connectivity index (χ1n) is 4.24. The van der Waals surface area contributed by atoms with Crippen LogP contribution in [0.1, 0.15) is 16.1 Å². The highest BCUT2D eigenvalue weighted by molar-refractivity contribution is 6.16. The number of aromatic nitrogens is 3. The van der Waals surface area contributed by atoms with E-state index in [-0.39, 0.29) is 5.88 Å². The van der Waals surface area contributed by atoms with Crippen molar-refractivity contribution in [3.63, 3.8) is 0 Å². The lowest BCUT2D eigenvalue weighted by Crippen LogP contribution is -2.05. The molecule has 2 aromatic heterocycles. The standard InChI is InChI=1S/C9H8ClN3O2/c1-15-9(14)7-2-3-11-13-5-6(4-10)12-8(7)13/h2-3,5H,4H2,1H3. The van der Waals surface area contributed by atoms with Gasteiger partial charge in [-0.25, -0.2) is 14.3 Å². The molecule has 2 aromatic rings. The number of imidazole rings is 1. The number of methoxy groups -OCH3 is 1. The molecule has 78 valence electrons. The maximum Gasteiger partial charge on any atom is 0.341 e. The summed E-state index contributed by atoms with van der Waals surface area (Å²) in [5.41, 5.74) is 1.50. The number of alkyl halides is 1. The number of hydrogen-bond donors (Lipinski definition) is 0. The second-order valence-electron chi connectivity index (χ2n) is 2.87. The Labute approximate surface area is 90.6 Å². The van der Waals surface area contributed by atoms with Crippen LogP contribution in [0, 0.1) is 0 Å². The minimum absolute atomic E-state index is 0.282. The molecule has 0 N–H and O–H groups in total. The van der Waals surface area contributed by atoms with Gasteiger partial charge in [0.2, 0.25) is 0 Å². The van der Waals surface area contributed by atoms with E-state index in [2.05, 4.69) is 14.8 Å². The number of halogens is 1. The van der Waals surface area contributed by atoms with Crippen LogP contribution < -0.4 is 0 Å². The molecule has 0 saturated carbocycles. The summed E-state index contributed by atoms with van der Waals surface area (Å²) < 4.78 is 6.14. The van der Waals surface area contributed by atoms with Crippen molar-refractivity contribution in [3.05, 3.63) is 29.7 Å². The molecule has 0 aliphatic carbocycles. The van der Waals surface area contributed by atoms with Gasteiger partial charge in [0.25, 0.3) is 0 Å². The first kappa shape index (κ1) is 9.92. The molecule has 0 aliphatic rings. The number of nitrogens with zero attached hydrogens (tertiary/aromatic N) is 3. The predicted molar refractivity (Wildman–Crippen MR) is 53.9 cm³/mol. The normalized spacial score (nSPS) is 10.5. The smallest absolute Gasteiger partial charge is 0.341 e. The van der Waals surface area contributed by atoms with Crippen molar-refractivity contribution in [2.24, 2.45) is 0 Å². The largest absolute Gasteiger partial charge is 0.465 e. The van der Waals surface area contributed by atoms with Gasteiger partial charge in [-0.15, -0.1) is 11.6 Å². The van der Waals surface area contributed by atoms with E-state index < -0.39 is 5.97 Å². The molecule has 0 aromatic carbocycles. The summed E-state index contributed by atoms with van der Waals surface area (Å²) in [5.74, 6) is -0.154. The Morgan fingerprint density at radius 1 is 1.67 bits per heavy atom. The Bertz CT molecular complexity index is 509. The van der Waals surface area contributed by atoms with E-state index in [1.54, 1.807) is 12.3 Å². The maximum absolute atomic E-state index is 11.4. The summed E-state index contributed by atoms with van der Waals surface area (Å²) in [6, 6.07) is 1.56. The average molecular weight is 226 g/mol. The van der Waals surface area contributed by atoms with E-state index in [1.165, 1.54) is 17.8 Å². The highest BCUT2D eigenvalue weighted by Crippen LogP contribution is 2.11. The van der Waals surface area contributed by atoms with Crippen molar-refractivity contribution in [1.82, 2.24) is 14.6 Å². The maximum atomic E-state index is 11.4. The Balaban J connectivity index is 2.64. The third kappa shape index (κ3) is 1.66. The van der Waals surface area contributed by atoms with Gasteiger partial charge in [0.15, 0.2) is 5.65 Å². The van der Waals surface area contributed by atoms with Crippen LogP contribution in [0.3, 0.4) is 0 Å². The zero-order valence-corrected chi connectivity index (χ0v) is 8.73. The summed E-state index contributed by atoms with van der Waals surface area (Å²) in [6.45, 7) is 0. The summed E-state index contributed by atoms with van der Waals surface area (Å²) in [4.78, 5) is 15.6. The third-order valence-corrected chi connectivity index (χ3v) is 2.23. The molecule has 6 heteroatoms. The molecule has 2 heterocycles. The summed E-state index contributed by atoms with van der Waals surface area (Å²) >= 11 is 5.64. The van der Waals surface area contributed by atoms with E-state index in [0.717, 1.165) is 0 Å². The Morgan fingerprint density at radius 2 is 2.47 bits per heavy atom. The Morgan fingerprint density at radius 3 is 3.13 bits per heavy atom. The van der Waals surface area contributed by atoms with Crippen molar-refractivity contribution in [2.45, 2.75) is 5.88 Å². The van der Waals surface area contributed by atoms with Crippen molar-refractivity contribution < 1.29 is 9.53 Å². The van der Waals surface area contributed by atoms with Gasteiger partial charge in [0.05, 0.1) is 24.9 Å². The zero-order valence-electron chi connectivity index (χ0n) is 7.98. The highest BCUT2D eigenvalue weighted by atomic mass is 35.5. The lowest BCUT2D eigenvalue weighted by molar-refractivity contribution is 0.0602. The monoisotopic (exact) mass is 225 g/mol. The molecule has 0 aliphatic heterocycles. The number of hydrogen-bond acceptors (Lipinski definition) is 4. The fourth-order valence-electron chi connectivity index (χ4n) is 1.28. The van der Waals surface area contributed by atoms with Gasteiger partial charge in [-0.1, -0.05) is 0 Å². The molecule has 2 rings (SSSR count). The lowest BCUT2D eigenvalue weighted by Gasteiger charge is -1.99. The van der Waals surface area contributed by atoms with Crippen LogP contribution >= 0.6 is 11.6 Å². The van der Waals surface area contributed by atoms with Gasteiger partial charge in [0.1, 0.15) is 5.56 Å². The van der Waals surface area contributed by atoms with Crippen LogP contribution in [0.25, 0.3) is 5.65 Å². The molecule has 0 bridgehead atoms. The van der Waals surface area contributed by atoms with Gasteiger partial charge >= 0.3 is 5.97 Å². The average Bonchev–Trinajstić information content (AvgIpc) is 2.70. The fourth-order valence-corrected chi connectivity index (χ4v) is 1.41. The molecule has 0 atom stereocenters. The van der Waals surface area contributed by atoms with Gasteiger partial charge in [-0.05, 0) is 6.07 Å². The molecular formula is C9H8ClN3O2. The molecule has 0 spiro atoms. The number of carbonyl (C=O) groups excluding carboxylic acids is 1. The minimum Gasteiger partial charge on any atom is -0.465 e. The quantitative estimate of drug-likeness (QED) is 0.570. The van der Waals surface area contributed by atoms with Gasteiger partial charge in [-0.2, -0.15) is 5.10 Å². The molecule has 0 radical (unpaired) electrons. The molecule has 0 amide bonds. The molecule has 15 heavy (non-hydrogen) atoms. The van der Waals surface area contributed by atoms with Crippen LogP contribution in [0.4, 0.5) is 0 Å². The third-order valence-electron chi connectivity index (χ3n) is 1.95. The minimum atomic E-state index is -0.436. The SMILES string of the molecule is COC(=O)c1ccnn2cc(CCl)nc12. The van der Waals surface area contributed by atoms with E-state index >= 15 is 0 Å². The Kier molecular flexibility index (Phi) is 2.55. The Hall–Kier alpha value is -1.62. The van der Waals surface area contributed by atoms with Gasteiger partial charge in [-0.3, -0.25) is 0 Å². The van der Waals surface area contributed by atoms with E-state index in [9.17, 15) is 4.79 Å². The van der Waals surface area contributed by atoms with Crippen LogP contribution in [-0.4, -0.2) is 27.7 Å². The van der Waals surface area contributed by atoms with E-state index in [4.69, 9.17) is 11.6 Å². The summed E-state index contributed by atoms with van der Waals surface area (Å²) in [6.07, 6.45) is 3.19. The molecule has 0 unspecified atom stereocenters. The van der Waals surface area contributed by atoms with Crippen molar-refractivity contribution in [1.29, 1.82) is 0 Å². The first-order chi connectivity index (χ1) is 7.26. The van der Waals surface area contributed by atoms with Crippen LogP contribution in [-0.2, 0) is 10.6 Å². The number of rotatable bonds is 2. The highest BCUT2D eigenvalue weighted by Gasteiger charge is 2.13. The number of esters is 1. The van der Waals surface area contributed by atoms with Gasteiger partial charge in [0, 0.05) is 6.20 Å². The fraction of sp³-hybridized carbons (Fsp3) is 0.222. The van der Waals surface area contributed by atoms with Crippen LogP contribution in [0.5, 0.6) is 0 Å². The van der Waals surface area contributed by atoms with Crippen LogP contribution in [0.2, 0.25) is 0 Å². The van der Waals surface area contributed by atoms with Crippen molar-refractivity contribution in [3.8, 4) is 0 Å². The van der Waals surface area contributed by atoms with Crippen LogP contribution in [0.15, 0.2) is 18.5 Å². The number of ether oxygens (including phenoxy) is 1. The van der Waals surface area contributed by atoms with Gasteiger partial charge < -0.3 is 4.74 Å². The van der Waals surface area contributed by atoms with E-state index in [0.29, 0.717) is 16.9 Å². The lowest BCUT2D eigenvalue weighted by atomic mass is 10.3. The second-order valence-corrected chi connectivity index (χ2v) is 3.14. The summed E-state index contributed by atoms with van der Waals surface area (Å²) in [7, 11) is 1.32. The number of carbonyl (C=O) groups is 1. The predicted octanol–water partition coefficient (Wildman–Crippen LogP) is 1.25. The zero-order chi connectivity index (χ0) is 10.8. The van der Waals surface area contributed by atoms with E-state index in [1.807, 2.05) is 0 Å². The molecule has 0 fully saturated rings. The molecule has 0 saturated heterocycles. The molecular weight excluding hydrogens is 218 g/mol. The summed E-state index contributed by atoms with van der Waals surface area (Å²) in [5, 5.41) is 4.01. The number of fused-ring (bicyclic) bond motifs is 1. The first-order valence-corrected chi connectivity index (χ1v) is 4.77. The second kappa shape index (κ2) is 3.86. The topological polar surface area (TPSA) is 56.5 Å². The van der Waals surface area contributed by atoms with Crippen molar-refractivity contribution in [2.75, 3.05) is 7.11 Å². The molecule has 5 nitrogen and oxygen atoms in total.